The van der Waals surface area contributed by atoms with Gasteiger partial charge >= 0.3 is 5.97 Å². The van der Waals surface area contributed by atoms with E-state index in [-0.39, 0.29) is 18.2 Å². The minimum Gasteiger partial charge on any atom is -0.481 e. The Labute approximate surface area is 178 Å². The summed E-state index contributed by atoms with van der Waals surface area (Å²) in [7, 11) is 0. The van der Waals surface area contributed by atoms with Gasteiger partial charge in [0, 0.05) is 12.1 Å². The largest absolute Gasteiger partial charge is 0.481 e. The van der Waals surface area contributed by atoms with Crippen LogP contribution in [0.4, 0.5) is 17.1 Å². The van der Waals surface area contributed by atoms with E-state index in [4.69, 9.17) is 0 Å². The standard InChI is InChI=1S/C24H31N3O3/c1-4-12-24(15-23(29)30)25-20-11-10-19(14-21(20)26-24)27(22(28)13-17(2)3)16-18-8-6-5-7-9-18/h5-11,14,17,25-26H,4,12-13,15-16H2,1-3H3,(H,29,30). The zero-order chi connectivity index (χ0) is 21.7. The first kappa shape index (κ1) is 21.7. The molecule has 0 fully saturated rings. The van der Waals surface area contributed by atoms with Gasteiger partial charge in [-0.15, -0.1) is 0 Å². The Morgan fingerprint density at radius 2 is 1.77 bits per heavy atom. The lowest BCUT2D eigenvalue weighted by molar-refractivity contribution is -0.138. The molecule has 0 spiro atoms. The first-order valence-electron chi connectivity index (χ1n) is 10.6. The average Bonchev–Trinajstić information content (AvgIpc) is 3.02. The molecule has 2 aromatic carbocycles. The molecule has 1 heterocycles. The average molecular weight is 410 g/mol. The van der Waals surface area contributed by atoms with Crippen molar-refractivity contribution in [3.8, 4) is 0 Å². The summed E-state index contributed by atoms with van der Waals surface area (Å²) in [6.07, 6.45) is 1.98. The second-order valence-corrected chi connectivity index (χ2v) is 8.45. The van der Waals surface area contributed by atoms with Crippen molar-refractivity contribution >= 4 is 28.9 Å². The number of benzene rings is 2. The Bertz CT molecular complexity index is 898. The smallest absolute Gasteiger partial charge is 0.307 e. The number of hydrogen-bond donors (Lipinski definition) is 3. The summed E-state index contributed by atoms with van der Waals surface area (Å²) in [5.41, 5.74) is 2.86. The van der Waals surface area contributed by atoms with Gasteiger partial charge in [0.2, 0.25) is 5.91 Å². The maximum Gasteiger partial charge on any atom is 0.307 e. The van der Waals surface area contributed by atoms with Crippen molar-refractivity contribution in [1.82, 2.24) is 0 Å². The van der Waals surface area contributed by atoms with Gasteiger partial charge in [-0.05, 0) is 36.1 Å². The van der Waals surface area contributed by atoms with Gasteiger partial charge in [0.25, 0.3) is 0 Å². The number of amides is 1. The predicted molar refractivity (Wildman–Crippen MR) is 121 cm³/mol. The molecule has 0 saturated carbocycles. The molecule has 1 aliphatic rings. The first-order valence-corrected chi connectivity index (χ1v) is 10.6. The normalized spacial score (nSPS) is 17.2. The number of aliphatic carboxylic acids is 1. The van der Waals surface area contributed by atoms with Crippen LogP contribution in [-0.4, -0.2) is 22.6 Å². The molecule has 2 aromatic rings. The summed E-state index contributed by atoms with van der Waals surface area (Å²) < 4.78 is 0. The predicted octanol–water partition coefficient (Wildman–Crippen LogP) is 5.07. The molecule has 3 N–H and O–H groups in total. The van der Waals surface area contributed by atoms with Crippen LogP contribution < -0.4 is 15.5 Å². The Kier molecular flexibility index (Phi) is 6.65. The molecule has 0 bridgehead atoms. The Morgan fingerprint density at radius 3 is 2.40 bits per heavy atom. The van der Waals surface area contributed by atoms with E-state index in [1.54, 1.807) is 0 Å². The molecular formula is C24H31N3O3. The van der Waals surface area contributed by atoms with E-state index >= 15 is 0 Å². The van der Waals surface area contributed by atoms with Crippen molar-refractivity contribution in [3.63, 3.8) is 0 Å². The zero-order valence-corrected chi connectivity index (χ0v) is 17.9. The van der Waals surface area contributed by atoms with Gasteiger partial charge < -0.3 is 20.6 Å². The third-order valence-corrected chi connectivity index (χ3v) is 5.26. The summed E-state index contributed by atoms with van der Waals surface area (Å²) in [4.78, 5) is 26.3. The number of nitrogens with one attached hydrogen (secondary N) is 2. The molecule has 1 aliphatic heterocycles. The lowest BCUT2D eigenvalue weighted by Crippen LogP contribution is -2.43. The number of anilines is 3. The van der Waals surface area contributed by atoms with Gasteiger partial charge in [0.15, 0.2) is 0 Å². The van der Waals surface area contributed by atoms with E-state index in [0.717, 1.165) is 29.0 Å². The van der Waals surface area contributed by atoms with Crippen LogP contribution in [0.25, 0.3) is 0 Å². The van der Waals surface area contributed by atoms with E-state index < -0.39 is 11.6 Å². The van der Waals surface area contributed by atoms with Crippen molar-refractivity contribution in [1.29, 1.82) is 0 Å². The monoisotopic (exact) mass is 409 g/mol. The third-order valence-electron chi connectivity index (χ3n) is 5.26. The maximum atomic E-state index is 13.0. The number of carbonyl (C=O) groups is 2. The highest BCUT2D eigenvalue weighted by atomic mass is 16.4. The Morgan fingerprint density at radius 1 is 1.07 bits per heavy atom. The molecule has 6 nitrogen and oxygen atoms in total. The van der Waals surface area contributed by atoms with Crippen LogP contribution in [0, 0.1) is 5.92 Å². The molecule has 3 rings (SSSR count). The number of nitrogens with zero attached hydrogens (tertiary/aromatic N) is 1. The van der Waals surface area contributed by atoms with Crippen LogP contribution in [0.3, 0.4) is 0 Å². The van der Waals surface area contributed by atoms with Crippen LogP contribution in [0.15, 0.2) is 48.5 Å². The van der Waals surface area contributed by atoms with Crippen LogP contribution in [-0.2, 0) is 16.1 Å². The van der Waals surface area contributed by atoms with Crippen LogP contribution >= 0.6 is 0 Å². The van der Waals surface area contributed by atoms with E-state index in [0.29, 0.717) is 19.4 Å². The molecule has 30 heavy (non-hydrogen) atoms. The van der Waals surface area contributed by atoms with Crippen molar-refractivity contribution < 1.29 is 14.7 Å². The van der Waals surface area contributed by atoms with Gasteiger partial charge in [-0.25, -0.2) is 0 Å². The highest BCUT2D eigenvalue weighted by Crippen LogP contribution is 2.40. The molecule has 6 heteroatoms. The highest BCUT2D eigenvalue weighted by Gasteiger charge is 2.38. The molecule has 0 aromatic heterocycles. The van der Waals surface area contributed by atoms with Gasteiger partial charge in [-0.1, -0.05) is 57.5 Å². The SMILES string of the molecule is CCCC1(CC(=O)O)Nc2ccc(N(Cc3ccccc3)C(=O)CC(C)C)cc2N1. The lowest BCUT2D eigenvalue weighted by atomic mass is 10.0. The van der Waals surface area contributed by atoms with Gasteiger partial charge in [-0.2, -0.15) is 0 Å². The van der Waals surface area contributed by atoms with Crippen molar-refractivity contribution in [2.24, 2.45) is 5.92 Å². The van der Waals surface area contributed by atoms with Gasteiger partial charge in [-0.3, -0.25) is 9.59 Å². The number of carbonyl (C=O) groups excluding carboxylic acids is 1. The third kappa shape index (κ3) is 5.12. The molecule has 1 unspecified atom stereocenters. The fraction of sp³-hybridized carbons (Fsp3) is 0.417. The highest BCUT2D eigenvalue weighted by molar-refractivity contribution is 5.95. The number of hydrogen-bond acceptors (Lipinski definition) is 4. The molecule has 1 amide bonds. The number of carboxylic acid groups (broad SMARTS) is 1. The van der Waals surface area contributed by atoms with Crippen molar-refractivity contribution in [2.45, 2.75) is 58.7 Å². The van der Waals surface area contributed by atoms with Gasteiger partial charge in [0.05, 0.1) is 24.3 Å². The Hall–Kier alpha value is -3.02. The maximum absolute atomic E-state index is 13.0. The Balaban J connectivity index is 1.90. The van der Waals surface area contributed by atoms with Crippen LogP contribution in [0.1, 0.15) is 52.0 Å². The van der Waals surface area contributed by atoms with E-state index in [9.17, 15) is 14.7 Å². The van der Waals surface area contributed by atoms with E-state index in [2.05, 4.69) is 10.6 Å². The minimum atomic E-state index is -0.853. The minimum absolute atomic E-state index is 0.0230. The summed E-state index contributed by atoms with van der Waals surface area (Å²) in [5, 5.41) is 16.1. The first-order chi connectivity index (χ1) is 14.3. The molecule has 0 saturated heterocycles. The van der Waals surface area contributed by atoms with Crippen LogP contribution in [0.2, 0.25) is 0 Å². The van der Waals surface area contributed by atoms with Crippen molar-refractivity contribution in [3.05, 3.63) is 54.1 Å². The number of fused-ring (bicyclic) bond motifs is 1. The van der Waals surface area contributed by atoms with E-state index in [1.165, 1.54) is 0 Å². The van der Waals surface area contributed by atoms with Gasteiger partial charge in [0.1, 0.15) is 5.66 Å². The van der Waals surface area contributed by atoms with E-state index in [1.807, 2.05) is 74.2 Å². The second-order valence-electron chi connectivity index (χ2n) is 8.45. The topological polar surface area (TPSA) is 81.7 Å². The zero-order valence-electron chi connectivity index (χ0n) is 17.9. The van der Waals surface area contributed by atoms with Crippen molar-refractivity contribution in [2.75, 3.05) is 15.5 Å². The molecule has 160 valence electrons. The number of carboxylic acids is 1. The van der Waals surface area contributed by atoms with Crippen LogP contribution in [0.5, 0.6) is 0 Å². The summed E-state index contributed by atoms with van der Waals surface area (Å²) in [5.74, 6) is -0.517. The summed E-state index contributed by atoms with van der Waals surface area (Å²) in [6, 6.07) is 15.7. The second kappa shape index (κ2) is 9.20. The molecule has 0 radical (unpaired) electrons. The summed E-state index contributed by atoms with van der Waals surface area (Å²) >= 11 is 0. The molecular weight excluding hydrogens is 378 g/mol. The molecule has 0 aliphatic carbocycles. The lowest BCUT2D eigenvalue weighted by Gasteiger charge is -2.29. The molecule has 1 atom stereocenters. The fourth-order valence-electron chi connectivity index (χ4n) is 3.99. The number of rotatable bonds is 9. The summed E-state index contributed by atoms with van der Waals surface area (Å²) in [6.45, 7) is 6.61. The quantitative estimate of drug-likeness (QED) is 0.538. The fourth-order valence-corrected chi connectivity index (χ4v) is 3.99.